The van der Waals surface area contributed by atoms with E-state index >= 15 is 0 Å². The molecule has 0 unspecified atom stereocenters. The third-order valence-corrected chi connectivity index (χ3v) is 3.31. The number of aryl methyl sites for hydroxylation is 1. The monoisotopic (exact) mass is 289 g/mol. The molecular weight excluding hydrogens is 266 g/mol. The first-order valence-corrected chi connectivity index (χ1v) is 7.29. The minimum atomic E-state index is -0.514. The van der Waals surface area contributed by atoms with Gasteiger partial charge in [0.25, 0.3) is 0 Å². The van der Waals surface area contributed by atoms with Gasteiger partial charge in [-0.25, -0.2) is 0 Å². The van der Waals surface area contributed by atoms with Crippen molar-refractivity contribution in [2.24, 2.45) is 0 Å². The molecule has 0 atom stereocenters. The van der Waals surface area contributed by atoms with Crippen molar-refractivity contribution in [3.05, 3.63) is 41.5 Å². The van der Waals surface area contributed by atoms with E-state index in [4.69, 9.17) is 9.26 Å². The Bertz CT molecular complexity index is 578. The van der Waals surface area contributed by atoms with Gasteiger partial charge in [-0.2, -0.15) is 4.98 Å². The molecule has 0 aliphatic rings. The molecule has 1 N–H and O–H groups in total. The molecule has 21 heavy (non-hydrogen) atoms. The third-order valence-electron chi connectivity index (χ3n) is 3.31. The van der Waals surface area contributed by atoms with Crippen molar-refractivity contribution >= 4 is 5.69 Å². The fraction of sp³-hybridized carbons (Fsp3) is 0.500. The number of aromatic nitrogens is 2. The molecule has 2 rings (SSSR count). The lowest BCUT2D eigenvalue weighted by Crippen LogP contribution is -2.23. The molecule has 5 heteroatoms. The minimum Gasteiger partial charge on any atom is -0.384 e. The zero-order chi connectivity index (χ0) is 15.3. The van der Waals surface area contributed by atoms with Crippen molar-refractivity contribution in [1.82, 2.24) is 10.1 Å². The molecule has 0 amide bonds. The number of hydrogen-bond acceptors (Lipinski definition) is 5. The van der Waals surface area contributed by atoms with Crippen molar-refractivity contribution in [2.75, 3.05) is 18.5 Å². The van der Waals surface area contributed by atoms with E-state index in [2.05, 4.69) is 34.5 Å². The smallest absolute Gasteiger partial charge is 0.228 e. The summed E-state index contributed by atoms with van der Waals surface area (Å²) in [4.78, 5) is 4.41. The first-order valence-electron chi connectivity index (χ1n) is 7.29. The number of hydrogen-bond donors (Lipinski definition) is 1. The second-order valence-electron chi connectivity index (χ2n) is 5.45. The Balaban J connectivity index is 1.90. The molecule has 1 aromatic heterocycles. The number of benzene rings is 1. The van der Waals surface area contributed by atoms with Gasteiger partial charge in [-0.05, 0) is 39.3 Å². The quantitative estimate of drug-likeness (QED) is 0.847. The highest BCUT2D eigenvalue weighted by Crippen LogP contribution is 2.21. The van der Waals surface area contributed by atoms with Crippen molar-refractivity contribution in [2.45, 2.75) is 39.7 Å². The Morgan fingerprint density at radius 3 is 2.76 bits per heavy atom. The van der Waals surface area contributed by atoms with Crippen molar-refractivity contribution < 1.29 is 9.26 Å². The van der Waals surface area contributed by atoms with Gasteiger partial charge in [-0.15, -0.1) is 0 Å². The molecule has 0 aliphatic heterocycles. The maximum absolute atomic E-state index is 5.62. The van der Waals surface area contributed by atoms with Crippen LogP contribution < -0.4 is 5.32 Å². The van der Waals surface area contributed by atoms with Crippen LogP contribution in [0, 0.1) is 6.92 Å². The average Bonchev–Trinajstić information content (AvgIpc) is 2.91. The van der Waals surface area contributed by atoms with Crippen LogP contribution in [0.15, 0.2) is 28.8 Å². The molecule has 0 aliphatic carbocycles. The Morgan fingerprint density at radius 2 is 2.05 bits per heavy atom. The van der Waals surface area contributed by atoms with Crippen LogP contribution in [0.25, 0.3) is 0 Å². The molecule has 1 aromatic carbocycles. The summed E-state index contributed by atoms with van der Waals surface area (Å²) < 4.78 is 10.9. The van der Waals surface area contributed by atoms with Crippen molar-refractivity contribution in [1.29, 1.82) is 0 Å². The molecule has 2 aromatic rings. The molecular formula is C16H23N3O2. The van der Waals surface area contributed by atoms with Crippen LogP contribution >= 0.6 is 0 Å². The highest BCUT2D eigenvalue weighted by atomic mass is 16.5. The molecule has 5 nitrogen and oxygen atoms in total. The molecule has 114 valence electrons. The van der Waals surface area contributed by atoms with Crippen LogP contribution in [0.5, 0.6) is 0 Å². The van der Waals surface area contributed by atoms with Crippen LogP contribution in [-0.4, -0.2) is 23.3 Å². The van der Waals surface area contributed by atoms with E-state index in [1.807, 2.05) is 32.9 Å². The fourth-order valence-electron chi connectivity index (χ4n) is 2.10. The Morgan fingerprint density at radius 1 is 1.29 bits per heavy atom. The van der Waals surface area contributed by atoms with Crippen LogP contribution in [0.1, 0.15) is 38.0 Å². The zero-order valence-corrected chi connectivity index (χ0v) is 13.1. The largest absolute Gasteiger partial charge is 0.384 e. The van der Waals surface area contributed by atoms with Gasteiger partial charge in [0.2, 0.25) is 11.7 Å². The number of para-hydroxylation sites is 1. The summed E-state index contributed by atoms with van der Waals surface area (Å²) in [5, 5.41) is 7.39. The van der Waals surface area contributed by atoms with Gasteiger partial charge in [-0.1, -0.05) is 23.4 Å². The minimum absolute atomic E-state index is 0.514. The second kappa shape index (κ2) is 6.72. The molecule has 1 heterocycles. The van der Waals surface area contributed by atoms with Gasteiger partial charge < -0.3 is 14.6 Å². The van der Waals surface area contributed by atoms with Crippen LogP contribution in [0.2, 0.25) is 0 Å². The topological polar surface area (TPSA) is 60.2 Å². The molecule has 0 bridgehead atoms. The number of nitrogens with one attached hydrogen (secondary N) is 1. The fourth-order valence-corrected chi connectivity index (χ4v) is 2.10. The third kappa shape index (κ3) is 4.04. The molecule has 0 radical (unpaired) electrons. The van der Waals surface area contributed by atoms with Gasteiger partial charge in [0.15, 0.2) is 0 Å². The lowest BCUT2D eigenvalue weighted by molar-refractivity contribution is -0.0221. The van der Waals surface area contributed by atoms with E-state index in [9.17, 15) is 0 Å². The number of rotatable bonds is 7. The average molecular weight is 289 g/mol. The summed E-state index contributed by atoms with van der Waals surface area (Å²) in [5.74, 6) is 1.22. The predicted octanol–water partition coefficient (Wildman–Crippen LogP) is 3.30. The number of ether oxygens (including phenoxy) is 1. The maximum atomic E-state index is 5.62. The van der Waals surface area contributed by atoms with E-state index in [1.165, 1.54) is 5.56 Å². The first kappa shape index (κ1) is 15.5. The summed E-state index contributed by atoms with van der Waals surface area (Å²) >= 11 is 0. The molecule has 0 saturated carbocycles. The van der Waals surface area contributed by atoms with Crippen molar-refractivity contribution in [3.63, 3.8) is 0 Å². The zero-order valence-electron chi connectivity index (χ0n) is 13.1. The lowest BCUT2D eigenvalue weighted by Gasteiger charge is -2.19. The molecule has 0 fully saturated rings. The van der Waals surface area contributed by atoms with E-state index in [0.29, 0.717) is 24.7 Å². The lowest BCUT2D eigenvalue weighted by atomic mass is 10.1. The van der Waals surface area contributed by atoms with Crippen LogP contribution in [-0.2, 0) is 16.8 Å². The molecule has 0 spiro atoms. The Hall–Kier alpha value is -1.88. The maximum Gasteiger partial charge on any atom is 0.228 e. The highest BCUT2D eigenvalue weighted by Gasteiger charge is 2.26. The predicted molar refractivity (Wildman–Crippen MR) is 82.3 cm³/mol. The van der Waals surface area contributed by atoms with Crippen LogP contribution in [0.3, 0.4) is 0 Å². The normalized spacial score (nSPS) is 11.6. The number of nitrogens with zero attached hydrogens (tertiary/aromatic N) is 2. The van der Waals surface area contributed by atoms with Gasteiger partial charge in [-0.3, -0.25) is 0 Å². The van der Waals surface area contributed by atoms with E-state index in [0.717, 1.165) is 12.2 Å². The standard InChI is InChI=1S/C16H23N3O2/c1-5-20-16(3,4)15-18-14(21-19-15)10-11-17-13-9-7-6-8-12(13)2/h6-9,17H,5,10-11H2,1-4H3. The summed E-state index contributed by atoms with van der Waals surface area (Å²) in [6.07, 6.45) is 0.684. The molecule has 0 saturated heterocycles. The first-order chi connectivity index (χ1) is 10.0. The Labute approximate surface area is 125 Å². The SMILES string of the molecule is CCOC(C)(C)c1noc(CCNc2ccccc2C)n1. The highest BCUT2D eigenvalue weighted by molar-refractivity contribution is 5.50. The van der Waals surface area contributed by atoms with Gasteiger partial charge in [0.1, 0.15) is 5.60 Å². The van der Waals surface area contributed by atoms with Crippen LogP contribution in [0.4, 0.5) is 5.69 Å². The summed E-state index contributed by atoms with van der Waals surface area (Å²) in [6.45, 7) is 9.29. The van der Waals surface area contributed by atoms with Gasteiger partial charge >= 0.3 is 0 Å². The van der Waals surface area contributed by atoms with Gasteiger partial charge in [0, 0.05) is 25.3 Å². The summed E-state index contributed by atoms with van der Waals surface area (Å²) in [6, 6.07) is 8.19. The summed E-state index contributed by atoms with van der Waals surface area (Å²) in [7, 11) is 0. The summed E-state index contributed by atoms with van der Waals surface area (Å²) in [5.41, 5.74) is 1.84. The second-order valence-corrected chi connectivity index (χ2v) is 5.45. The Kier molecular flexibility index (Phi) is 4.96. The van der Waals surface area contributed by atoms with E-state index in [-0.39, 0.29) is 0 Å². The number of anilines is 1. The van der Waals surface area contributed by atoms with Gasteiger partial charge in [0.05, 0.1) is 0 Å². The van der Waals surface area contributed by atoms with E-state index < -0.39 is 5.60 Å². The van der Waals surface area contributed by atoms with E-state index in [1.54, 1.807) is 0 Å². The van der Waals surface area contributed by atoms with Crippen molar-refractivity contribution in [3.8, 4) is 0 Å².